The Bertz CT molecular complexity index is 987. The molecular weight excluding hydrogens is 432 g/mol. The van der Waals surface area contributed by atoms with Crippen LogP contribution >= 0.6 is 11.8 Å². The van der Waals surface area contributed by atoms with Crippen LogP contribution in [0.25, 0.3) is 6.08 Å². The van der Waals surface area contributed by atoms with Crippen molar-refractivity contribution in [3.05, 3.63) is 40.8 Å². The number of amides is 6. The summed E-state index contributed by atoms with van der Waals surface area (Å²) >= 11 is 0.855. The molecule has 10 heteroatoms. The molecule has 0 aromatic heterocycles. The minimum absolute atomic E-state index is 0.00656. The number of thioether (sulfide) groups is 1. The molecule has 1 aromatic rings. The van der Waals surface area contributed by atoms with Crippen LogP contribution in [0.5, 0.6) is 0 Å². The predicted octanol–water partition coefficient (Wildman–Crippen LogP) is 2.09. The number of nitrogens with one attached hydrogen (secondary N) is 2. The van der Waals surface area contributed by atoms with Gasteiger partial charge in [0.25, 0.3) is 17.1 Å². The summed E-state index contributed by atoms with van der Waals surface area (Å²) in [7, 11) is 0. The maximum atomic E-state index is 12.7. The van der Waals surface area contributed by atoms with E-state index in [0.29, 0.717) is 17.7 Å². The summed E-state index contributed by atoms with van der Waals surface area (Å²) in [5, 5.41) is 4.95. The molecule has 1 saturated carbocycles. The molecule has 0 unspecified atom stereocenters. The highest BCUT2D eigenvalue weighted by atomic mass is 32.2. The van der Waals surface area contributed by atoms with Crippen LogP contribution < -0.4 is 10.6 Å². The maximum absolute atomic E-state index is 12.7. The molecule has 2 saturated heterocycles. The number of hydrogen-bond acceptors (Lipinski definition) is 6. The van der Waals surface area contributed by atoms with E-state index in [1.54, 1.807) is 6.08 Å². The highest BCUT2D eigenvalue weighted by Gasteiger charge is 2.51. The van der Waals surface area contributed by atoms with Crippen LogP contribution in [0.15, 0.2) is 35.2 Å². The molecule has 4 rings (SSSR count). The summed E-state index contributed by atoms with van der Waals surface area (Å²) in [6, 6.07) is 8.66. The zero-order chi connectivity index (χ0) is 22.7. The van der Waals surface area contributed by atoms with Crippen LogP contribution in [-0.4, -0.2) is 64.0 Å². The molecule has 1 aliphatic carbocycles. The highest BCUT2D eigenvalue weighted by Crippen LogP contribution is 2.34. The van der Waals surface area contributed by atoms with E-state index in [1.807, 2.05) is 30.3 Å². The third kappa shape index (κ3) is 4.40. The van der Waals surface area contributed by atoms with Crippen molar-refractivity contribution in [3.8, 4) is 0 Å². The van der Waals surface area contributed by atoms with Gasteiger partial charge in [-0.2, -0.15) is 0 Å². The standard InChI is InChI=1S/C22H24N4O5S/c27-17(14-26-19(29)22(24-20(26)30)9-5-2-6-10-22)23-11-12-25-18(28)16(32-21(25)31)13-15-7-3-1-4-8-15/h1,3-4,7-8,13H,2,5-6,9-12,14H2,(H,23,27)(H,24,30)/b16-13-. The molecule has 3 fully saturated rings. The monoisotopic (exact) mass is 456 g/mol. The van der Waals surface area contributed by atoms with Crippen LogP contribution in [-0.2, 0) is 14.4 Å². The van der Waals surface area contributed by atoms with Crippen LogP contribution in [0.1, 0.15) is 37.7 Å². The molecular formula is C22H24N4O5S. The van der Waals surface area contributed by atoms with Crippen molar-refractivity contribution < 1.29 is 24.0 Å². The van der Waals surface area contributed by atoms with Gasteiger partial charge in [-0.25, -0.2) is 4.79 Å². The zero-order valence-corrected chi connectivity index (χ0v) is 18.3. The molecule has 1 spiro atoms. The average Bonchev–Trinajstić information content (AvgIpc) is 3.17. The first-order chi connectivity index (χ1) is 15.4. The van der Waals surface area contributed by atoms with Gasteiger partial charge in [0.1, 0.15) is 12.1 Å². The van der Waals surface area contributed by atoms with E-state index < -0.39 is 28.6 Å². The van der Waals surface area contributed by atoms with Crippen molar-refractivity contribution in [2.75, 3.05) is 19.6 Å². The summed E-state index contributed by atoms with van der Waals surface area (Å²) in [5.74, 6) is -1.28. The molecule has 9 nitrogen and oxygen atoms in total. The molecule has 168 valence electrons. The topological polar surface area (TPSA) is 116 Å². The van der Waals surface area contributed by atoms with Crippen molar-refractivity contribution in [2.24, 2.45) is 0 Å². The SMILES string of the molecule is O=C(CN1C(=O)NC2(CCCCC2)C1=O)NCCN1C(=O)S/C(=C\c2ccccc2)C1=O. The Balaban J connectivity index is 1.28. The minimum atomic E-state index is -0.872. The second-order valence-electron chi connectivity index (χ2n) is 8.06. The molecule has 2 heterocycles. The number of urea groups is 1. The summed E-state index contributed by atoms with van der Waals surface area (Å²) in [6.07, 6.45) is 5.59. The molecule has 0 atom stereocenters. The molecule has 6 amide bonds. The first-order valence-electron chi connectivity index (χ1n) is 10.6. The Hall–Kier alpha value is -3.14. The van der Waals surface area contributed by atoms with Gasteiger partial charge in [-0.1, -0.05) is 49.6 Å². The summed E-state index contributed by atoms with van der Waals surface area (Å²) < 4.78 is 0. The van der Waals surface area contributed by atoms with Crippen molar-refractivity contribution in [3.63, 3.8) is 0 Å². The van der Waals surface area contributed by atoms with Crippen LogP contribution in [0.2, 0.25) is 0 Å². The lowest BCUT2D eigenvalue weighted by molar-refractivity contribution is -0.135. The lowest BCUT2D eigenvalue weighted by Crippen LogP contribution is -2.49. The van der Waals surface area contributed by atoms with Crippen molar-refractivity contribution in [1.29, 1.82) is 0 Å². The lowest BCUT2D eigenvalue weighted by Gasteiger charge is -2.30. The fourth-order valence-corrected chi connectivity index (χ4v) is 5.08. The lowest BCUT2D eigenvalue weighted by atomic mass is 9.82. The fraction of sp³-hybridized carbons (Fsp3) is 0.409. The smallest absolute Gasteiger partial charge is 0.325 e. The third-order valence-electron chi connectivity index (χ3n) is 5.88. The van der Waals surface area contributed by atoms with E-state index >= 15 is 0 Å². The number of rotatable bonds is 6. The highest BCUT2D eigenvalue weighted by molar-refractivity contribution is 8.18. The quantitative estimate of drug-likeness (QED) is 0.500. The van der Waals surface area contributed by atoms with E-state index in [1.165, 1.54) is 0 Å². The van der Waals surface area contributed by atoms with E-state index in [4.69, 9.17) is 0 Å². The molecule has 0 radical (unpaired) electrons. The Kier molecular flexibility index (Phi) is 6.31. The van der Waals surface area contributed by atoms with Gasteiger partial charge in [0.15, 0.2) is 0 Å². The number of benzene rings is 1. The number of nitrogens with zero attached hydrogens (tertiary/aromatic N) is 2. The summed E-state index contributed by atoms with van der Waals surface area (Å²) in [5.41, 5.74) is -0.0569. The Morgan fingerprint density at radius 2 is 1.78 bits per heavy atom. The number of carbonyl (C=O) groups is 5. The van der Waals surface area contributed by atoms with Crippen LogP contribution in [0.3, 0.4) is 0 Å². The largest absolute Gasteiger partial charge is 0.353 e. The molecule has 2 N–H and O–H groups in total. The minimum Gasteiger partial charge on any atom is -0.353 e. The Morgan fingerprint density at radius 1 is 1.06 bits per heavy atom. The van der Waals surface area contributed by atoms with E-state index in [-0.39, 0.29) is 25.5 Å². The van der Waals surface area contributed by atoms with Gasteiger partial charge in [0, 0.05) is 13.1 Å². The number of carbonyl (C=O) groups excluding carboxylic acids is 5. The van der Waals surface area contributed by atoms with Gasteiger partial charge < -0.3 is 10.6 Å². The molecule has 1 aromatic carbocycles. The molecule has 0 bridgehead atoms. The van der Waals surface area contributed by atoms with Crippen molar-refractivity contribution in [2.45, 2.75) is 37.6 Å². The molecule has 32 heavy (non-hydrogen) atoms. The van der Waals surface area contributed by atoms with Crippen LogP contribution in [0.4, 0.5) is 9.59 Å². The average molecular weight is 457 g/mol. The van der Waals surface area contributed by atoms with Gasteiger partial charge in [0.2, 0.25) is 5.91 Å². The molecule has 2 aliphatic heterocycles. The fourth-order valence-electron chi connectivity index (χ4n) is 4.21. The Labute approximate surface area is 189 Å². The second-order valence-corrected chi connectivity index (χ2v) is 9.05. The first kappa shape index (κ1) is 22.1. The summed E-state index contributed by atoms with van der Waals surface area (Å²) in [4.78, 5) is 64.4. The third-order valence-corrected chi connectivity index (χ3v) is 6.79. The van der Waals surface area contributed by atoms with Gasteiger partial charge in [-0.05, 0) is 36.2 Å². The molecule has 3 aliphatic rings. The summed E-state index contributed by atoms with van der Waals surface area (Å²) in [6.45, 7) is -0.348. The first-order valence-corrected chi connectivity index (χ1v) is 11.4. The maximum Gasteiger partial charge on any atom is 0.325 e. The normalized spacial score (nSPS) is 21.6. The Morgan fingerprint density at radius 3 is 2.50 bits per heavy atom. The van der Waals surface area contributed by atoms with E-state index in [9.17, 15) is 24.0 Å². The van der Waals surface area contributed by atoms with Crippen LogP contribution in [0, 0.1) is 0 Å². The number of imide groups is 2. The predicted molar refractivity (Wildman–Crippen MR) is 118 cm³/mol. The number of hydrogen-bond donors (Lipinski definition) is 2. The van der Waals surface area contributed by atoms with Gasteiger partial charge in [0.05, 0.1) is 4.91 Å². The van der Waals surface area contributed by atoms with Gasteiger partial charge in [-0.15, -0.1) is 0 Å². The van der Waals surface area contributed by atoms with Crippen molar-refractivity contribution >= 4 is 46.8 Å². The van der Waals surface area contributed by atoms with E-state index in [0.717, 1.165) is 46.4 Å². The van der Waals surface area contributed by atoms with Gasteiger partial charge >= 0.3 is 6.03 Å². The van der Waals surface area contributed by atoms with Crippen molar-refractivity contribution in [1.82, 2.24) is 20.4 Å². The second kappa shape index (κ2) is 9.15. The zero-order valence-electron chi connectivity index (χ0n) is 17.5. The van der Waals surface area contributed by atoms with E-state index in [2.05, 4.69) is 10.6 Å². The van der Waals surface area contributed by atoms with Gasteiger partial charge in [-0.3, -0.25) is 29.0 Å².